The van der Waals surface area contributed by atoms with Crippen LogP contribution in [0.4, 0.5) is 0 Å². The molecule has 6 nitrogen and oxygen atoms in total. The van der Waals surface area contributed by atoms with Crippen LogP contribution in [-0.4, -0.2) is 69.0 Å². The van der Waals surface area contributed by atoms with Crippen molar-refractivity contribution in [2.75, 3.05) is 25.0 Å². The van der Waals surface area contributed by atoms with Crippen LogP contribution in [0.2, 0.25) is 0 Å². The Kier molecular flexibility index (Phi) is 12.3. The zero-order chi connectivity index (χ0) is 22.1. The monoisotopic (exact) mass is 468 g/mol. The molecule has 0 aromatic carbocycles. The lowest BCUT2D eigenvalue weighted by atomic mass is 10.1. The SMILES string of the molecule is CSC(=N[C@H](C(=O)OC(C)(C)C)[C@@H](N=C(SC)SC)C(=O)OC(C)(C)C)SC. The average Bonchev–Trinajstić information content (AvgIpc) is 2.54. The highest BCUT2D eigenvalue weighted by Crippen LogP contribution is 2.23. The first-order valence-electron chi connectivity index (χ1n) is 8.55. The van der Waals surface area contributed by atoms with Crippen LogP contribution in [0.1, 0.15) is 41.5 Å². The van der Waals surface area contributed by atoms with E-state index in [0.717, 1.165) is 0 Å². The van der Waals surface area contributed by atoms with Crippen LogP contribution >= 0.6 is 47.0 Å². The first-order valence-corrected chi connectivity index (χ1v) is 13.4. The van der Waals surface area contributed by atoms with Gasteiger partial charge in [-0.15, -0.1) is 47.0 Å². The molecule has 0 fully saturated rings. The molecule has 0 N–H and O–H groups in total. The molecule has 162 valence electrons. The smallest absolute Gasteiger partial charge is 0.334 e. The number of esters is 2. The fraction of sp³-hybridized carbons (Fsp3) is 0.778. The second kappa shape index (κ2) is 12.4. The molecular formula is C18H32N2O4S4. The molecule has 0 aromatic heterocycles. The molecule has 10 heteroatoms. The second-order valence-corrected chi connectivity index (χ2v) is 11.3. The predicted octanol–water partition coefficient (Wildman–Crippen LogP) is 4.57. The van der Waals surface area contributed by atoms with Crippen LogP contribution in [0.3, 0.4) is 0 Å². The molecule has 28 heavy (non-hydrogen) atoms. The Labute approximate surface area is 186 Å². The maximum absolute atomic E-state index is 13.0. The highest BCUT2D eigenvalue weighted by Gasteiger charge is 2.39. The molecule has 0 aliphatic carbocycles. The standard InChI is InChI=1S/C18H32N2O4S4/c1-17(2,3)23-13(21)11(19-15(25-7)26-8)12(20-16(27-9)28-10)14(22)24-18(4,5)6/h11-12H,1-10H3/t11-,12+. The molecule has 0 aliphatic rings. The van der Waals surface area contributed by atoms with Crippen molar-refractivity contribution in [3.63, 3.8) is 0 Å². The van der Waals surface area contributed by atoms with Crippen molar-refractivity contribution < 1.29 is 19.1 Å². The van der Waals surface area contributed by atoms with Crippen molar-refractivity contribution in [3.8, 4) is 0 Å². The number of hydrogen-bond donors (Lipinski definition) is 0. The van der Waals surface area contributed by atoms with Gasteiger partial charge in [0.05, 0.1) is 0 Å². The molecule has 0 rings (SSSR count). The third-order valence-corrected chi connectivity index (χ3v) is 6.60. The van der Waals surface area contributed by atoms with Crippen molar-refractivity contribution in [1.29, 1.82) is 0 Å². The van der Waals surface area contributed by atoms with Gasteiger partial charge >= 0.3 is 11.9 Å². The Morgan fingerprint density at radius 3 is 1.07 bits per heavy atom. The lowest BCUT2D eigenvalue weighted by molar-refractivity contribution is -0.165. The van der Waals surface area contributed by atoms with Gasteiger partial charge in [0.15, 0.2) is 12.1 Å². The predicted molar refractivity (Wildman–Crippen MR) is 128 cm³/mol. The molecule has 2 atom stereocenters. The van der Waals surface area contributed by atoms with Crippen molar-refractivity contribution in [2.45, 2.75) is 64.8 Å². The van der Waals surface area contributed by atoms with Crippen molar-refractivity contribution in [2.24, 2.45) is 9.98 Å². The molecule has 0 saturated heterocycles. The summed E-state index contributed by atoms with van der Waals surface area (Å²) in [5, 5.41) is 0. The minimum absolute atomic E-state index is 0.603. The van der Waals surface area contributed by atoms with Gasteiger partial charge in [0.2, 0.25) is 0 Å². The summed E-state index contributed by atoms with van der Waals surface area (Å²) in [4.78, 5) is 34.9. The molecular weight excluding hydrogens is 436 g/mol. The molecule has 0 saturated carbocycles. The number of carbonyl (C=O) groups excluding carboxylic acids is 2. The van der Waals surface area contributed by atoms with E-state index in [2.05, 4.69) is 9.98 Å². The quantitative estimate of drug-likeness (QED) is 0.330. The molecule has 0 unspecified atom stereocenters. The molecule has 0 amide bonds. The molecule has 0 heterocycles. The van der Waals surface area contributed by atoms with Gasteiger partial charge in [-0.2, -0.15) is 0 Å². The zero-order valence-corrected chi connectivity index (χ0v) is 21.6. The number of rotatable bonds is 5. The topological polar surface area (TPSA) is 77.3 Å². The van der Waals surface area contributed by atoms with Gasteiger partial charge in [0, 0.05) is 0 Å². The van der Waals surface area contributed by atoms with Crippen molar-refractivity contribution >= 4 is 67.7 Å². The highest BCUT2D eigenvalue weighted by molar-refractivity contribution is 8.38. The van der Waals surface area contributed by atoms with Crippen LogP contribution in [-0.2, 0) is 19.1 Å². The van der Waals surface area contributed by atoms with Crippen LogP contribution in [0.15, 0.2) is 9.98 Å². The van der Waals surface area contributed by atoms with Gasteiger partial charge in [0.1, 0.15) is 20.0 Å². The average molecular weight is 469 g/mol. The van der Waals surface area contributed by atoms with Crippen LogP contribution in [0.25, 0.3) is 0 Å². The molecule has 0 radical (unpaired) electrons. The van der Waals surface area contributed by atoms with Gasteiger partial charge in [-0.1, -0.05) is 0 Å². The summed E-state index contributed by atoms with van der Waals surface area (Å²) in [6.45, 7) is 10.6. The number of ether oxygens (including phenoxy) is 2. The maximum Gasteiger partial charge on any atom is 0.334 e. The Hall–Kier alpha value is -0.320. The fourth-order valence-electron chi connectivity index (χ4n) is 1.83. The number of aliphatic imine (C=N–C) groups is 2. The second-order valence-electron chi connectivity index (χ2n) is 7.56. The summed E-state index contributed by atoms with van der Waals surface area (Å²) >= 11 is 5.60. The lowest BCUT2D eigenvalue weighted by Crippen LogP contribution is -2.44. The number of carbonyl (C=O) groups is 2. The lowest BCUT2D eigenvalue weighted by Gasteiger charge is -2.27. The number of nitrogens with zero attached hydrogens (tertiary/aromatic N) is 2. The summed E-state index contributed by atoms with van der Waals surface area (Å²) in [5.74, 6) is -1.21. The summed E-state index contributed by atoms with van der Waals surface area (Å²) in [7, 11) is 0. The van der Waals surface area contributed by atoms with Gasteiger partial charge in [-0.05, 0) is 66.6 Å². The molecule has 0 aromatic rings. The third kappa shape index (κ3) is 11.0. The van der Waals surface area contributed by atoms with Gasteiger partial charge in [-0.25, -0.2) is 9.59 Å². The summed E-state index contributed by atoms with van der Waals surface area (Å²) < 4.78 is 12.4. The summed E-state index contributed by atoms with van der Waals surface area (Å²) in [5.41, 5.74) is -1.43. The van der Waals surface area contributed by atoms with E-state index in [1.165, 1.54) is 47.0 Å². The van der Waals surface area contributed by atoms with Gasteiger partial charge in [-0.3, -0.25) is 9.98 Å². The van der Waals surface area contributed by atoms with E-state index in [-0.39, 0.29) is 0 Å². The Bertz CT molecular complexity index is 531. The first-order chi connectivity index (χ1) is 12.8. The van der Waals surface area contributed by atoms with Crippen LogP contribution in [0, 0.1) is 0 Å². The van der Waals surface area contributed by atoms with E-state index in [1.54, 1.807) is 41.5 Å². The Morgan fingerprint density at radius 2 is 0.893 bits per heavy atom. The molecule has 0 bridgehead atoms. The zero-order valence-electron chi connectivity index (χ0n) is 18.3. The van der Waals surface area contributed by atoms with E-state index in [4.69, 9.17) is 9.47 Å². The van der Waals surface area contributed by atoms with E-state index in [1.807, 2.05) is 25.0 Å². The normalized spacial score (nSPS) is 13.9. The fourth-order valence-corrected chi connectivity index (χ4v) is 4.04. The first kappa shape index (κ1) is 27.7. The van der Waals surface area contributed by atoms with Gasteiger partial charge in [0.25, 0.3) is 0 Å². The molecule has 0 aliphatic heterocycles. The summed E-state index contributed by atoms with van der Waals surface area (Å²) in [6.07, 6.45) is 7.45. The third-order valence-electron chi connectivity index (χ3n) is 2.78. The Morgan fingerprint density at radius 1 is 0.643 bits per heavy atom. The maximum atomic E-state index is 13.0. The van der Waals surface area contributed by atoms with Crippen LogP contribution in [0.5, 0.6) is 0 Å². The van der Waals surface area contributed by atoms with E-state index < -0.39 is 35.2 Å². The highest BCUT2D eigenvalue weighted by atomic mass is 32.2. The van der Waals surface area contributed by atoms with E-state index >= 15 is 0 Å². The minimum Gasteiger partial charge on any atom is -0.458 e. The van der Waals surface area contributed by atoms with Crippen molar-refractivity contribution in [3.05, 3.63) is 0 Å². The number of hydrogen-bond acceptors (Lipinski definition) is 10. The van der Waals surface area contributed by atoms with Gasteiger partial charge < -0.3 is 9.47 Å². The van der Waals surface area contributed by atoms with Crippen LogP contribution < -0.4 is 0 Å². The van der Waals surface area contributed by atoms with Crippen molar-refractivity contribution in [1.82, 2.24) is 0 Å². The van der Waals surface area contributed by atoms with E-state index in [9.17, 15) is 9.59 Å². The number of thioether (sulfide) groups is 4. The van der Waals surface area contributed by atoms with E-state index in [0.29, 0.717) is 8.75 Å². The largest absolute Gasteiger partial charge is 0.458 e. The summed E-state index contributed by atoms with van der Waals surface area (Å²) in [6, 6.07) is -2.25. The Balaban J connectivity index is 6.32. The molecule has 0 spiro atoms. The minimum atomic E-state index is -1.13.